The number of hydrogen-bond acceptors (Lipinski definition) is 6. The Morgan fingerprint density at radius 2 is 1.88 bits per heavy atom. The molecule has 26 heavy (non-hydrogen) atoms. The summed E-state index contributed by atoms with van der Waals surface area (Å²) in [5.41, 5.74) is 4.35. The molecule has 1 aliphatic heterocycles. The van der Waals surface area contributed by atoms with E-state index < -0.39 is 0 Å². The number of aryl methyl sites for hydroxylation is 1. The highest BCUT2D eigenvalue weighted by Gasteiger charge is 2.15. The molecule has 7 nitrogen and oxygen atoms in total. The van der Waals surface area contributed by atoms with Crippen LogP contribution in [-0.4, -0.2) is 57.9 Å². The quantitative estimate of drug-likeness (QED) is 0.781. The predicted molar refractivity (Wildman–Crippen MR) is 103 cm³/mol. The van der Waals surface area contributed by atoms with Gasteiger partial charge < -0.3 is 15.1 Å². The zero-order valence-electron chi connectivity index (χ0n) is 15.1. The van der Waals surface area contributed by atoms with E-state index in [1.165, 1.54) is 11.3 Å². The van der Waals surface area contributed by atoms with Gasteiger partial charge in [0, 0.05) is 43.8 Å². The van der Waals surface area contributed by atoms with Crippen LogP contribution in [0.15, 0.2) is 49.1 Å². The maximum Gasteiger partial charge on any atom is 0.246 e. The Labute approximate surface area is 153 Å². The number of anilines is 3. The molecule has 0 spiro atoms. The van der Waals surface area contributed by atoms with Gasteiger partial charge in [-0.3, -0.25) is 4.98 Å². The number of aromatic nitrogens is 4. The number of nitrogens with one attached hydrogen (secondary N) is 1. The summed E-state index contributed by atoms with van der Waals surface area (Å²) in [6, 6.07) is 10.3. The lowest BCUT2D eigenvalue weighted by atomic mass is 10.1. The Kier molecular flexibility index (Phi) is 4.53. The molecule has 0 radical (unpaired) electrons. The normalized spacial score (nSPS) is 15.2. The number of piperazine rings is 1. The minimum Gasteiger partial charge on any atom is -0.369 e. The third-order valence-corrected chi connectivity index (χ3v) is 4.59. The molecule has 134 valence electrons. The van der Waals surface area contributed by atoms with Crippen LogP contribution in [0.2, 0.25) is 0 Å². The average Bonchev–Trinajstić information content (AvgIpc) is 3.11. The molecule has 3 heterocycles. The van der Waals surface area contributed by atoms with Crippen LogP contribution in [0.4, 0.5) is 17.3 Å². The fourth-order valence-corrected chi connectivity index (χ4v) is 3.15. The van der Waals surface area contributed by atoms with Gasteiger partial charge >= 0.3 is 0 Å². The van der Waals surface area contributed by atoms with Gasteiger partial charge in [-0.05, 0) is 49.9 Å². The Morgan fingerprint density at radius 3 is 2.65 bits per heavy atom. The van der Waals surface area contributed by atoms with Crippen LogP contribution in [0, 0.1) is 6.92 Å². The van der Waals surface area contributed by atoms with E-state index in [0.29, 0.717) is 5.95 Å². The van der Waals surface area contributed by atoms with Gasteiger partial charge in [0.05, 0.1) is 11.9 Å². The summed E-state index contributed by atoms with van der Waals surface area (Å²) in [7, 11) is 2.17. The van der Waals surface area contributed by atoms with Gasteiger partial charge in [-0.25, -0.2) is 4.68 Å². The third kappa shape index (κ3) is 3.67. The smallest absolute Gasteiger partial charge is 0.246 e. The molecule has 7 heteroatoms. The van der Waals surface area contributed by atoms with Crippen molar-refractivity contribution in [3.63, 3.8) is 0 Å². The summed E-state index contributed by atoms with van der Waals surface area (Å²) in [4.78, 5) is 13.3. The molecule has 0 bridgehead atoms. The molecule has 1 aliphatic rings. The van der Waals surface area contributed by atoms with Crippen LogP contribution in [-0.2, 0) is 0 Å². The van der Waals surface area contributed by atoms with Crippen molar-refractivity contribution >= 4 is 17.3 Å². The lowest BCUT2D eigenvalue weighted by molar-refractivity contribution is 0.313. The predicted octanol–water partition coefficient (Wildman–Crippen LogP) is 2.47. The highest BCUT2D eigenvalue weighted by Crippen LogP contribution is 2.25. The molecule has 0 atom stereocenters. The molecule has 1 fully saturated rings. The number of likely N-dealkylation sites (N-methyl/N-ethyl adjacent to an activating group) is 1. The summed E-state index contributed by atoms with van der Waals surface area (Å²) in [5.74, 6) is 0.573. The summed E-state index contributed by atoms with van der Waals surface area (Å²) >= 11 is 0. The molecule has 0 aliphatic carbocycles. The van der Waals surface area contributed by atoms with E-state index in [-0.39, 0.29) is 0 Å². The monoisotopic (exact) mass is 349 g/mol. The molecule has 2 aromatic heterocycles. The largest absolute Gasteiger partial charge is 0.369 e. The first kappa shape index (κ1) is 16.5. The minimum atomic E-state index is 0.573. The van der Waals surface area contributed by atoms with Crippen LogP contribution in [0.25, 0.3) is 5.69 Å². The zero-order valence-corrected chi connectivity index (χ0v) is 15.1. The van der Waals surface area contributed by atoms with Gasteiger partial charge in [0.25, 0.3) is 0 Å². The minimum absolute atomic E-state index is 0.573. The number of rotatable bonds is 4. The lowest BCUT2D eigenvalue weighted by Gasteiger charge is -2.34. The van der Waals surface area contributed by atoms with Gasteiger partial charge in [-0.1, -0.05) is 0 Å². The van der Waals surface area contributed by atoms with E-state index in [1.807, 2.05) is 12.1 Å². The van der Waals surface area contributed by atoms with Crippen molar-refractivity contribution in [2.75, 3.05) is 43.4 Å². The first-order valence-corrected chi connectivity index (χ1v) is 8.82. The van der Waals surface area contributed by atoms with Gasteiger partial charge in [0.15, 0.2) is 0 Å². The van der Waals surface area contributed by atoms with E-state index in [4.69, 9.17) is 0 Å². The highest BCUT2D eigenvalue weighted by atomic mass is 15.4. The Hall–Kier alpha value is -2.93. The maximum atomic E-state index is 4.49. The van der Waals surface area contributed by atoms with Crippen LogP contribution >= 0.6 is 0 Å². The maximum absolute atomic E-state index is 4.49. The molecule has 4 rings (SSSR count). The molecule has 3 aromatic rings. The molecule has 0 saturated carbocycles. The van der Waals surface area contributed by atoms with Crippen molar-refractivity contribution in [1.82, 2.24) is 24.6 Å². The number of pyridine rings is 1. The Balaban J connectivity index is 1.52. The molecular weight excluding hydrogens is 326 g/mol. The Bertz CT molecular complexity index is 867. The fraction of sp³-hybridized carbons (Fsp3) is 0.316. The topological polar surface area (TPSA) is 62.1 Å². The van der Waals surface area contributed by atoms with E-state index in [0.717, 1.165) is 37.6 Å². The summed E-state index contributed by atoms with van der Waals surface area (Å²) in [6.07, 6.45) is 5.19. The van der Waals surface area contributed by atoms with Crippen molar-refractivity contribution < 1.29 is 0 Å². The molecule has 0 amide bonds. The molecule has 1 N–H and O–H groups in total. The van der Waals surface area contributed by atoms with Gasteiger partial charge in [0.2, 0.25) is 5.95 Å². The summed E-state index contributed by atoms with van der Waals surface area (Å²) < 4.78 is 1.71. The van der Waals surface area contributed by atoms with Gasteiger partial charge in [0.1, 0.15) is 6.33 Å². The van der Waals surface area contributed by atoms with E-state index in [9.17, 15) is 0 Å². The molecule has 1 aromatic carbocycles. The second kappa shape index (κ2) is 7.13. The van der Waals surface area contributed by atoms with E-state index in [1.54, 1.807) is 23.4 Å². The van der Waals surface area contributed by atoms with Crippen molar-refractivity contribution in [2.24, 2.45) is 0 Å². The lowest BCUT2D eigenvalue weighted by Crippen LogP contribution is -2.44. The number of nitrogens with zero attached hydrogens (tertiary/aromatic N) is 6. The fourth-order valence-electron chi connectivity index (χ4n) is 3.15. The molecule has 1 saturated heterocycles. The zero-order chi connectivity index (χ0) is 17.9. The SMILES string of the molecule is Cc1cc(Nc2ncn(-c3cccnc3)n2)cc(N2CCN(C)CC2)c1. The summed E-state index contributed by atoms with van der Waals surface area (Å²) in [5, 5.41) is 7.81. The standard InChI is InChI=1S/C19H23N7/c1-15-10-16(12-18(11-15)25-8-6-24(2)7-9-25)22-19-21-14-26(23-19)17-4-3-5-20-13-17/h3-5,10-14H,6-9H2,1-2H3,(H,22,23). The third-order valence-electron chi connectivity index (χ3n) is 4.59. The van der Waals surface area contributed by atoms with Crippen LogP contribution in [0.5, 0.6) is 0 Å². The second-order valence-corrected chi connectivity index (χ2v) is 6.70. The first-order valence-electron chi connectivity index (χ1n) is 8.82. The summed E-state index contributed by atoms with van der Waals surface area (Å²) in [6.45, 7) is 6.40. The number of benzene rings is 1. The van der Waals surface area contributed by atoms with Crippen molar-refractivity contribution in [3.8, 4) is 5.69 Å². The van der Waals surface area contributed by atoms with E-state index >= 15 is 0 Å². The van der Waals surface area contributed by atoms with E-state index in [2.05, 4.69) is 62.4 Å². The Morgan fingerprint density at radius 1 is 1.04 bits per heavy atom. The first-order chi connectivity index (χ1) is 12.7. The molecular formula is C19H23N7. The van der Waals surface area contributed by atoms with Crippen molar-refractivity contribution in [1.29, 1.82) is 0 Å². The van der Waals surface area contributed by atoms with Crippen LogP contribution < -0.4 is 10.2 Å². The average molecular weight is 349 g/mol. The van der Waals surface area contributed by atoms with Crippen molar-refractivity contribution in [3.05, 3.63) is 54.6 Å². The second-order valence-electron chi connectivity index (χ2n) is 6.70. The van der Waals surface area contributed by atoms with Gasteiger partial charge in [-0.15, -0.1) is 5.10 Å². The van der Waals surface area contributed by atoms with Gasteiger partial charge in [-0.2, -0.15) is 4.98 Å². The van der Waals surface area contributed by atoms with Crippen LogP contribution in [0.1, 0.15) is 5.56 Å². The van der Waals surface area contributed by atoms with Crippen LogP contribution in [0.3, 0.4) is 0 Å². The molecule has 0 unspecified atom stereocenters. The number of hydrogen-bond donors (Lipinski definition) is 1. The highest BCUT2D eigenvalue weighted by molar-refractivity contribution is 5.64. The van der Waals surface area contributed by atoms with Crippen molar-refractivity contribution in [2.45, 2.75) is 6.92 Å².